The molecule has 4 nitrogen and oxygen atoms in total. The van der Waals surface area contributed by atoms with Crippen molar-refractivity contribution >= 4 is 11.7 Å². The number of hydrogen-bond acceptors (Lipinski definition) is 4. The third kappa shape index (κ3) is 4.25. The van der Waals surface area contributed by atoms with Crippen LogP contribution in [-0.2, 0) is 9.53 Å². The molecule has 3 unspecified atom stereocenters. The molecule has 0 aromatic carbocycles. The van der Waals surface area contributed by atoms with Crippen LogP contribution in [0.2, 0.25) is 0 Å². The van der Waals surface area contributed by atoms with Gasteiger partial charge in [0, 0.05) is 5.71 Å². The Morgan fingerprint density at radius 2 is 2.24 bits per heavy atom. The Labute approximate surface area is 126 Å². The molecule has 120 valence electrons. The van der Waals surface area contributed by atoms with Crippen molar-refractivity contribution in [2.45, 2.75) is 64.1 Å². The first-order chi connectivity index (χ1) is 9.93. The molecule has 1 saturated heterocycles. The van der Waals surface area contributed by atoms with E-state index in [4.69, 9.17) is 10.1 Å². The van der Waals surface area contributed by atoms with Crippen molar-refractivity contribution in [1.82, 2.24) is 5.32 Å². The van der Waals surface area contributed by atoms with Gasteiger partial charge in [-0.3, -0.25) is 4.79 Å². The molecule has 2 N–H and O–H groups in total. The topological polar surface area (TPSA) is 62.2 Å². The number of halogens is 1. The lowest BCUT2D eigenvalue weighted by molar-refractivity contribution is -0.147. The summed E-state index contributed by atoms with van der Waals surface area (Å²) in [5.41, 5.74) is -0.608. The van der Waals surface area contributed by atoms with Gasteiger partial charge < -0.3 is 15.5 Å². The van der Waals surface area contributed by atoms with E-state index in [9.17, 15) is 9.18 Å². The molecule has 1 saturated carbocycles. The zero-order chi connectivity index (χ0) is 15.5. The van der Waals surface area contributed by atoms with Crippen LogP contribution in [-0.4, -0.2) is 36.5 Å². The van der Waals surface area contributed by atoms with Gasteiger partial charge in [0.25, 0.3) is 0 Å². The molecule has 2 fully saturated rings. The van der Waals surface area contributed by atoms with Crippen LogP contribution in [0.5, 0.6) is 0 Å². The largest absolute Gasteiger partial charge is 0.465 e. The number of rotatable bonds is 5. The molecule has 5 heteroatoms. The number of esters is 1. The van der Waals surface area contributed by atoms with Crippen LogP contribution < -0.4 is 5.32 Å². The first kappa shape index (κ1) is 16.4. The number of carbonyl (C=O) groups is 1. The molecule has 1 heterocycles. The minimum absolute atomic E-state index is 0.207. The van der Waals surface area contributed by atoms with Crippen molar-refractivity contribution in [2.75, 3.05) is 13.2 Å². The Hall–Kier alpha value is -0.970. The van der Waals surface area contributed by atoms with Crippen LogP contribution in [0.15, 0.2) is 0 Å². The number of ether oxygens (including phenoxy) is 1. The highest BCUT2D eigenvalue weighted by molar-refractivity contribution is 5.78. The zero-order valence-corrected chi connectivity index (χ0v) is 13.1. The van der Waals surface area contributed by atoms with E-state index in [-0.39, 0.29) is 17.9 Å². The second-order valence-electron chi connectivity index (χ2n) is 6.64. The Morgan fingerprint density at radius 3 is 2.90 bits per heavy atom. The van der Waals surface area contributed by atoms with E-state index in [0.717, 1.165) is 13.0 Å². The predicted molar refractivity (Wildman–Crippen MR) is 80.3 cm³/mol. The summed E-state index contributed by atoms with van der Waals surface area (Å²) in [6.07, 6.45) is 3.66. The molecule has 21 heavy (non-hydrogen) atoms. The van der Waals surface area contributed by atoms with E-state index in [1.165, 1.54) is 0 Å². The molecule has 0 spiro atoms. The molecule has 0 aromatic rings. The van der Waals surface area contributed by atoms with Crippen LogP contribution >= 0.6 is 0 Å². The molecular weight excluding hydrogens is 271 g/mol. The lowest BCUT2D eigenvalue weighted by Gasteiger charge is -2.44. The average Bonchev–Trinajstić information content (AvgIpc) is 2.45. The summed E-state index contributed by atoms with van der Waals surface area (Å²) in [4.78, 5) is 11.8. The van der Waals surface area contributed by atoms with Crippen molar-refractivity contribution in [1.29, 1.82) is 5.41 Å². The van der Waals surface area contributed by atoms with Crippen molar-refractivity contribution in [3.63, 3.8) is 0 Å². The molecule has 1 aliphatic heterocycles. The summed E-state index contributed by atoms with van der Waals surface area (Å²) in [6.45, 7) is 4.71. The van der Waals surface area contributed by atoms with Crippen LogP contribution in [0.3, 0.4) is 0 Å². The fourth-order valence-corrected chi connectivity index (χ4v) is 3.70. The molecule has 4 atom stereocenters. The maximum atomic E-state index is 14.9. The average molecular weight is 298 g/mol. The molecule has 1 aliphatic carbocycles. The fraction of sp³-hybridized carbons (Fsp3) is 0.875. The van der Waals surface area contributed by atoms with Gasteiger partial charge >= 0.3 is 5.97 Å². The molecule has 0 bridgehead atoms. The molecular formula is C16H27FN2O2. The van der Waals surface area contributed by atoms with Gasteiger partial charge in [-0.25, -0.2) is 4.39 Å². The highest BCUT2D eigenvalue weighted by Gasteiger charge is 2.44. The third-order valence-electron chi connectivity index (χ3n) is 4.94. The summed E-state index contributed by atoms with van der Waals surface area (Å²) in [6, 6.07) is -0.280. The maximum absolute atomic E-state index is 14.9. The minimum Gasteiger partial charge on any atom is -0.465 e. The van der Waals surface area contributed by atoms with E-state index < -0.39 is 5.67 Å². The van der Waals surface area contributed by atoms with E-state index in [2.05, 4.69) is 5.32 Å². The number of nitrogens with one attached hydrogen (secondary N) is 2. The van der Waals surface area contributed by atoms with Gasteiger partial charge in [-0.05, 0) is 70.8 Å². The highest BCUT2D eigenvalue weighted by Crippen LogP contribution is 2.44. The van der Waals surface area contributed by atoms with Gasteiger partial charge in [-0.1, -0.05) is 0 Å². The Morgan fingerprint density at radius 1 is 1.48 bits per heavy atom. The first-order valence-corrected chi connectivity index (χ1v) is 8.06. The lowest BCUT2D eigenvalue weighted by atomic mass is 9.67. The Balaban J connectivity index is 1.93. The number of carbonyl (C=O) groups excluding carboxylic acids is 1. The number of piperidine rings is 1. The number of fused-ring (bicyclic) bond motifs is 1. The van der Waals surface area contributed by atoms with Gasteiger partial charge in [0.2, 0.25) is 0 Å². The van der Waals surface area contributed by atoms with Crippen molar-refractivity contribution in [3.05, 3.63) is 0 Å². The fourth-order valence-electron chi connectivity index (χ4n) is 3.70. The molecule has 0 amide bonds. The standard InChI is InChI=1S/C16H27FN2O2/c1-3-21-15(20)14-8-13-9-16(17,6-4-11(2)18)7-5-12(13)10-19-14/h12-14,18-19H,3-10H2,1-2H3/t12?,13?,14?,16-/m1/s1. The summed E-state index contributed by atoms with van der Waals surface area (Å²) in [7, 11) is 0. The molecule has 0 aromatic heterocycles. The zero-order valence-electron chi connectivity index (χ0n) is 13.1. The minimum atomic E-state index is -1.15. The molecule has 2 rings (SSSR count). The summed E-state index contributed by atoms with van der Waals surface area (Å²) >= 11 is 0. The van der Waals surface area contributed by atoms with Crippen LogP contribution in [0.25, 0.3) is 0 Å². The second kappa shape index (κ2) is 6.86. The number of alkyl halides is 1. The Bertz CT molecular complexity index is 402. The smallest absolute Gasteiger partial charge is 0.323 e. The molecule has 2 aliphatic rings. The highest BCUT2D eigenvalue weighted by atomic mass is 19.1. The van der Waals surface area contributed by atoms with Gasteiger partial charge in [-0.15, -0.1) is 0 Å². The van der Waals surface area contributed by atoms with E-state index in [1.807, 2.05) is 0 Å². The normalized spacial score (nSPS) is 35.9. The van der Waals surface area contributed by atoms with Crippen LogP contribution in [0, 0.1) is 17.2 Å². The summed E-state index contributed by atoms with van der Waals surface area (Å²) in [5.74, 6) is 0.521. The Kier molecular flexibility index (Phi) is 5.36. The van der Waals surface area contributed by atoms with E-state index >= 15 is 0 Å². The van der Waals surface area contributed by atoms with Crippen molar-refractivity contribution < 1.29 is 13.9 Å². The van der Waals surface area contributed by atoms with Gasteiger partial charge in [0.05, 0.1) is 6.61 Å². The van der Waals surface area contributed by atoms with E-state index in [1.54, 1.807) is 13.8 Å². The molecule has 0 radical (unpaired) electrons. The van der Waals surface area contributed by atoms with Crippen molar-refractivity contribution in [2.24, 2.45) is 11.8 Å². The van der Waals surface area contributed by atoms with Gasteiger partial charge in [0.15, 0.2) is 0 Å². The maximum Gasteiger partial charge on any atom is 0.323 e. The quantitative estimate of drug-likeness (QED) is 0.606. The van der Waals surface area contributed by atoms with Gasteiger partial charge in [0.1, 0.15) is 11.7 Å². The van der Waals surface area contributed by atoms with Crippen LogP contribution in [0.1, 0.15) is 52.4 Å². The summed E-state index contributed by atoms with van der Waals surface area (Å²) < 4.78 is 20.0. The van der Waals surface area contributed by atoms with Gasteiger partial charge in [-0.2, -0.15) is 0 Å². The summed E-state index contributed by atoms with van der Waals surface area (Å²) in [5, 5.41) is 10.7. The monoisotopic (exact) mass is 298 g/mol. The van der Waals surface area contributed by atoms with E-state index in [0.29, 0.717) is 50.3 Å². The second-order valence-corrected chi connectivity index (χ2v) is 6.64. The predicted octanol–water partition coefficient (Wildman–Crippen LogP) is 2.86. The lowest BCUT2D eigenvalue weighted by Crippen LogP contribution is -2.52. The van der Waals surface area contributed by atoms with Crippen molar-refractivity contribution in [3.8, 4) is 0 Å². The first-order valence-electron chi connectivity index (χ1n) is 8.06. The third-order valence-corrected chi connectivity index (χ3v) is 4.94. The number of hydrogen-bond donors (Lipinski definition) is 2. The SMILES string of the molecule is CCOC(=O)C1CC2C[C@@](F)(CCC(C)=N)CCC2CN1. The van der Waals surface area contributed by atoms with Crippen LogP contribution in [0.4, 0.5) is 4.39 Å².